The van der Waals surface area contributed by atoms with Crippen LogP contribution in [0, 0.1) is 45.3 Å². The molecule has 3 rings (SSSR count). The van der Waals surface area contributed by atoms with Crippen LogP contribution >= 0.6 is 0 Å². The Kier molecular flexibility index (Phi) is 5.78. The summed E-state index contributed by atoms with van der Waals surface area (Å²) >= 11 is 0. The second kappa shape index (κ2) is 8.27. The summed E-state index contributed by atoms with van der Waals surface area (Å²) in [6.45, 7) is 5.86. The minimum Gasteiger partial charge on any atom is -0.490 e. The molecule has 1 aromatic rings. The first-order valence-electron chi connectivity index (χ1n) is 9.61. The van der Waals surface area contributed by atoms with E-state index in [1.807, 2.05) is 32.1 Å². The zero-order chi connectivity index (χ0) is 21.0. The van der Waals surface area contributed by atoms with E-state index < -0.39 is 11.3 Å². The van der Waals surface area contributed by atoms with Gasteiger partial charge in [0.25, 0.3) is 0 Å². The topological polar surface area (TPSA) is 128 Å². The molecule has 29 heavy (non-hydrogen) atoms. The van der Waals surface area contributed by atoms with Gasteiger partial charge in [0, 0.05) is 24.9 Å². The molecule has 0 bridgehead atoms. The summed E-state index contributed by atoms with van der Waals surface area (Å²) in [4.78, 5) is 0. The van der Waals surface area contributed by atoms with E-state index in [9.17, 15) is 15.8 Å². The van der Waals surface area contributed by atoms with Crippen molar-refractivity contribution in [3.63, 3.8) is 0 Å². The average Bonchev–Trinajstić information content (AvgIpc) is 2.75. The molecule has 1 aromatic carbocycles. The molecule has 1 heterocycles. The number of nitrogens with two attached hydrogens (primary N) is 1. The largest absolute Gasteiger partial charge is 0.490 e. The van der Waals surface area contributed by atoms with Crippen molar-refractivity contribution in [3.8, 4) is 29.7 Å². The van der Waals surface area contributed by atoms with E-state index in [1.54, 1.807) is 6.07 Å². The molecule has 3 N–H and O–H groups in total. The van der Waals surface area contributed by atoms with Crippen molar-refractivity contribution in [2.45, 2.75) is 19.8 Å². The Morgan fingerprint density at radius 2 is 1.83 bits per heavy atom. The van der Waals surface area contributed by atoms with Crippen molar-refractivity contribution >= 4 is 0 Å². The fourth-order valence-electron chi connectivity index (χ4n) is 4.24. The number of nitrogens with zero attached hydrogens (tertiary/aromatic N) is 3. The first-order valence-corrected chi connectivity index (χ1v) is 9.61. The maximum absolute atomic E-state index is 10.1. The second-order valence-electron chi connectivity index (χ2n) is 6.91. The Hall–Kier alpha value is -3.47. The van der Waals surface area contributed by atoms with Gasteiger partial charge in [-0.1, -0.05) is 12.1 Å². The number of nitrogens with one attached hydrogen (secondary N) is 1. The minimum atomic E-state index is -1.65. The predicted octanol–water partition coefficient (Wildman–Crippen LogP) is 2.50. The highest BCUT2D eigenvalue weighted by atomic mass is 16.5. The van der Waals surface area contributed by atoms with Crippen molar-refractivity contribution in [1.29, 1.82) is 15.8 Å². The first-order chi connectivity index (χ1) is 14.1. The van der Waals surface area contributed by atoms with Crippen LogP contribution in [0.3, 0.4) is 0 Å². The molecule has 2 atom stereocenters. The van der Waals surface area contributed by atoms with Crippen molar-refractivity contribution < 1.29 is 9.47 Å². The standard InChI is InChI=1S/C22H23N5O2/c1-3-28-18-6-5-14(9-19(18)29-4-2)20-17-11-27-8-7-15(17)16(10-23)21(26)22(20,12-24)13-25/h5-7,9,17,20,27H,3-4,8,11,26H2,1-2H3/t17-,20-/m0/s1. The maximum Gasteiger partial charge on any atom is 0.191 e. The molecule has 0 unspecified atom stereocenters. The third-order valence-corrected chi connectivity index (χ3v) is 5.47. The summed E-state index contributed by atoms with van der Waals surface area (Å²) in [6.07, 6.45) is 1.92. The lowest BCUT2D eigenvalue weighted by atomic mass is 9.58. The highest BCUT2D eigenvalue weighted by Crippen LogP contribution is 2.54. The monoisotopic (exact) mass is 389 g/mol. The van der Waals surface area contributed by atoms with Gasteiger partial charge in [-0.3, -0.25) is 0 Å². The number of rotatable bonds is 5. The van der Waals surface area contributed by atoms with Crippen LogP contribution in [0.2, 0.25) is 0 Å². The van der Waals surface area contributed by atoms with E-state index in [4.69, 9.17) is 15.2 Å². The van der Waals surface area contributed by atoms with Crippen LogP contribution in [0.15, 0.2) is 41.1 Å². The van der Waals surface area contributed by atoms with Gasteiger partial charge in [-0.15, -0.1) is 0 Å². The van der Waals surface area contributed by atoms with Crippen LogP contribution in [-0.2, 0) is 0 Å². The van der Waals surface area contributed by atoms with Crippen molar-refractivity contribution in [3.05, 3.63) is 46.7 Å². The number of hydrogen-bond acceptors (Lipinski definition) is 7. The molecule has 148 valence electrons. The summed E-state index contributed by atoms with van der Waals surface area (Å²) in [6, 6.07) is 11.8. The number of hydrogen-bond donors (Lipinski definition) is 2. The van der Waals surface area contributed by atoms with Gasteiger partial charge in [0.1, 0.15) is 6.07 Å². The van der Waals surface area contributed by atoms with Crippen molar-refractivity contribution in [2.75, 3.05) is 26.3 Å². The van der Waals surface area contributed by atoms with E-state index in [-0.39, 0.29) is 17.2 Å². The van der Waals surface area contributed by atoms with E-state index in [1.165, 1.54) is 0 Å². The van der Waals surface area contributed by atoms with Crippen LogP contribution in [0.1, 0.15) is 25.3 Å². The molecule has 1 aliphatic heterocycles. The van der Waals surface area contributed by atoms with Gasteiger partial charge in [0.2, 0.25) is 0 Å². The van der Waals surface area contributed by atoms with Crippen LogP contribution in [-0.4, -0.2) is 26.3 Å². The summed E-state index contributed by atoms with van der Waals surface area (Å²) in [5.74, 6) is 0.368. The van der Waals surface area contributed by atoms with E-state index in [0.29, 0.717) is 37.8 Å². The molecular formula is C22H23N5O2. The Balaban J connectivity index is 2.25. The average molecular weight is 389 g/mol. The van der Waals surface area contributed by atoms with Crippen LogP contribution in [0.25, 0.3) is 0 Å². The molecule has 0 aromatic heterocycles. The minimum absolute atomic E-state index is 0.0197. The number of nitriles is 3. The lowest BCUT2D eigenvalue weighted by molar-refractivity contribution is 0.285. The molecule has 0 fully saturated rings. The summed E-state index contributed by atoms with van der Waals surface area (Å²) in [7, 11) is 0. The molecule has 2 aliphatic rings. The maximum atomic E-state index is 10.1. The number of fused-ring (bicyclic) bond motifs is 1. The Labute approximate surface area is 170 Å². The van der Waals surface area contributed by atoms with Gasteiger partial charge in [0.05, 0.1) is 36.6 Å². The van der Waals surface area contributed by atoms with E-state index in [2.05, 4.69) is 23.5 Å². The highest BCUT2D eigenvalue weighted by molar-refractivity contribution is 5.60. The molecule has 0 saturated heterocycles. The molecule has 0 amide bonds. The van der Waals surface area contributed by atoms with Gasteiger partial charge < -0.3 is 20.5 Å². The molecule has 0 saturated carbocycles. The first kappa shape index (κ1) is 20.3. The van der Waals surface area contributed by atoms with Gasteiger partial charge in [-0.2, -0.15) is 15.8 Å². The third kappa shape index (κ3) is 3.18. The Morgan fingerprint density at radius 1 is 1.14 bits per heavy atom. The zero-order valence-corrected chi connectivity index (χ0v) is 16.5. The number of benzene rings is 1. The summed E-state index contributed by atoms with van der Waals surface area (Å²) < 4.78 is 11.4. The normalized spacial score (nSPS) is 22.4. The van der Waals surface area contributed by atoms with E-state index >= 15 is 0 Å². The molecule has 0 radical (unpaired) electrons. The fourth-order valence-corrected chi connectivity index (χ4v) is 4.24. The summed E-state index contributed by atoms with van der Waals surface area (Å²) in [5, 5.41) is 33.1. The fraction of sp³-hybridized carbons (Fsp3) is 0.409. The molecule has 1 aliphatic carbocycles. The quantitative estimate of drug-likeness (QED) is 0.791. The SMILES string of the molecule is CCOc1ccc([C@H]2[C@H]3CNCC=C3C(C#N)=C(N)C2(C#N)C#N)cc1OCC. The third-order valence-electron chi connectivity index (χ3n) is 5.47. The number of ether oxygens (including phenoxy) is 2. The number of allylic oxidation sites excluding steroid dienone is 2. The second-order valence-corrected chi connectivity index (χ2v) is 6.91. The molecular weight excluding hydrogens is 366 g/mol. The van der Waals surface area contributed by atoms with Gasteiger partial charge in [0.15, 0.2) is 16.9 Å². The van der Waals surface area contributed by atoms with Gasteiger partial charge >= 0.3 is 0 Å². The Morgan fingerprint density at radius 3 is 2.45 bits per heavy atom. The molecule has 7 heteroatoms. The van der Waals surface area contributed by atoms with Gasteiger partial charge in [-0.05, 0) is 37.1 Å². The smallest absolute Gasteiger partial charge is 0.191 e. The van der Waals surface area contributed by atoms with E-state index in [0.717, 1.165) is 11.1 Å². The van der Waals surface area contributed by atoms with Crippen LogP contribution < -0.4 is 20.5 Å². The molecule has 0 spiro atoms. The van der Waals surface area contributed by atoms with Crippen LogP contribution in [0.5, 0.6) is 11.5 Å². The van der Waals surface area contributed by atoms with Crippen molar-refractivity contribution in [1.82, 2.24) is 5.32 Å². The van der Waals surface area contributed by atoms with Crippen molar-refractivity contribution in [2.24, 2.45) is 17.1 Å². The highest BCUT2D eigenvalue weighted by Gasteiger charge is 2.54. The predicted molar refractivity (Wildman–Crippen MR) is 106 cm³/mol. The summed E-state index contributed by atoms with van der Waals surface area (Å²) in [5.41, 5.74) is 6.45. The lowest BCUT2D eigenvalue weighted by Gasteiger charge is -2.43. The Bertz CT molecular complexity index is 976. The lowest BCUT2D eigenvalue weighted by Crippen LogP contribution is -2.46. The van der Waals surface area contributed by atoms with Crippen LogP contribution in [0.4, 0.5) is 0 Å². The zero-order valence-electron chi connectivity index (χ0n) is 16.5. The molecule has 7 nitrogen and oxygen atoms in total. The van der Waals surface area contributed by atoms with Gasteiger partial charge in [-0.25, -0.2) is 0 Å².